The molecule has 1 rings (SSSR count). The molecule has 0 saturated carbocycles. The Morgan fingerprint density at radius 1 is 1.39 bits per heavy atom. The van der Waals surface area contributed by atoms with Crippen LogP contribution in [0.1, 0.15) is 13.8 Å². The molecule has 0 fully saturated rings. The van der Waals surface area contributed by atoms with E-state index in [1.54, 1.807) is 13.8 Å². The lowest BCUT2D eigenvalue weighted by Crippen LogP contribution is -2.34. The van der Waals surface area contributed by atoms with Gasteiger partial charge in [-0.2, -0.15) is 8.42 Å². The van der Waals surface area contributed by atoms with E-state index >= 15 is 0 Å². The molecule has 0 spiro atoms. The third-order valence-electron chi connectivity index (χ3n) is 1.97. The van der Waals surface area contributed by atoms with Crippen LogP contribution < -0.4 is 16.4 Å². The fraction of sp³-hybridized carbons (Fsp3) is 0.300. The predicted molar refractivity (Wildman–Crippen MR) is 68.0 cm³/mol. The van der Waals surface area contributed by atoms with Crippen molar-refractivity contribution in [3.05, 3.63) is 18.2 Å². The maximum Gasteiger partial charge on any atom is 0.319 e. The lowest BCUT2D eigenvalue weighted by Gasteiger charge is -2.11. The number of urea groups is 1. The number of rotatable bonds is 3. The summed E-state index contributed by atoms with van der Waals surface area (Å²) >= 11 is 0. The van der Waals surface area contributed by atoms with Crippen molar-refractivity contribution in [2.45, 2.75) is 24.8 Å². The van der Waals surface area contributed by atoms with Gasteiger partial charge in [0.05, 0.1) is 5.69 Å². The van der Waals surface area contributed by atoms with E-state index in [1.165, 1.54) is 12.1 Å². The van der Waals surface area contributed by atoms with Crippen LogP contribution in [-0.4, -0.2) is 25.0 Å². The first kappa shape index (κ1) is 14.3. The Kier molecular flexibility index (Phi) is 4.15. The summed E-state index contributed by atoms with van der Waals surface area (Å²) in [6, 6.07) is 3.25. The zero-order valence-electron chi connectivity index (χ0n) is 9.97. The average molecular weight is 273 g/mol. The molecule has 18 heavy (non-hydrogen) atoms. The third kappa shape index (κ3) is 3.90. The highest BCUT2D eigenvalue weighted by Gasteiger charge is 2.14. The Morgan fingerprint density at radius 3 is 2.44 bits per heavy atom. The fourth-order valence-electron chi connectivity index (χ4n) is 1.29. The molecule has 7 nitrogen and oxygen atoms in total. The number of hydrogen-bond donors (Lipinski definition) is 4. The first-order valence-electron chi connectivity index (χ1n) is 5.14. The number of benzene rings is 1. The van der Waals surface area contributed by atoms with Gasteiger partial charge in [0, 0.05) is 11.7 Å². The molecule has 1 aromatic rings. The molecular weight excluding hydrogens is 258 g/mol. The van der Waals surface area contributed by atoms with Gasteiger partial charge in [-0.25, -0.2) is 4.79 Å². The first-order valence-corrected chi connectivity index (χ1v) is 6.58. The second-order valence-electron chi connectivity index (χ2n) is 3.98. The van der Waals surface area contributed by atoms with E-state index in [0.717, 1.165) is 6.07 Å². The molecule has 2 amide bonds. The van der Waals surface area contributed by atoms with E-state index in [1.807, 2.05) is 0 Å². The molecule has 0 aliphatic heterocycles. The standard InChI is InChI=1S/C10H15N3O4S/c1-6(2)12-10(14)13-7-3-4-9(8(11)5-7)18(15,16)17/h3-6H,11H2,1-2H3,(H2,12,13,14)(H,15,16,17). The van der Waals surface area contributed by atoms with Gasteiger partial charge >= 0.3 is 6.03 Å². The van der Waals surface area contributed by atoms with Crippen molar-refractivity contribution in [2.75, 3.05) is 11.1 Å². The third-order valence-corrected chi connectivity index (χ3v) is 2.89. The van der Waals surface area contributed by atoms with Crippen LogP contribution in [0.25, 0.3) is 0 Å². The zero-order chi connectivity index (χ0) is 13.9. The van der Waals surface area contributed by atoms with E-state index in [-0.39, 0.29) is 11.7 Å². The Bertz CT molecular complexity index is 554. The topological polar surface area (TPSA) is 122 Å². The second-order valence-corrected chi connectivity index (χ2v) is 5.37. The first-order chi connectivity index (χ1) is 8.20. The van der Waals surface area contributed by atoms with Gasteiger partial charge in [0.2, 0.25) is 0 Å². The minimum atomic E-state index is -4.35. The van der Waals surface area contributed by atoms with Crippen LogP contribution in [0, 0.1) is 0 Å². The molecule has 0 unspecified atom stereocenters. The van der Waals surface area contributed by atoms with Crippen molar-refractivity contribution in [1.82, 2.24) is 5.32 Å². The van der Waals surface area contributed by atoms with Crippen molar-refractivity contribution in [2.24, 2.45) is 0 Å². The van der Waals surface area contributed by atoms with Crippen LogP contribution in [-0.2, 0) is 10.1 Å². The van der Waals surface area contributed by atoms with Gasteiger partial charge in [-0.05, 0) is 32.0 Å². The number of anilines is 2. The summed E-state index contributed by atoms with van der Waals surface area (Å²) in [6.07, 6.45) is 0. The van der Waals surface area contributed by atoms with Gasteiger partial charge in [-0.3, -0.25) is 4.55 Å². The van der Waals surface area contributed by atoms with Crippen LogP contribution in [0.4, 0.5) is 16.2 Å². The molecule has 0 aromatic heterocycles. The van der Waals surface area contributed by atoms with Crippen LogP contribution in [0.2, 0.25) is 0 Å². The van der Waals surface area contributed by atoms with Gasteiger partial charge in [-0.15, -0.1) is 0 Å². The van der Waals surface area contributed by atoms with Crippen molar-refractivity contribution in [3.63, 3.8) is 0 Å². The SMILES string of the molecule is CC(C)NC(=O)Nc1ccc(S(=O)(=O)O)c(N)c1. The van der Waals surface area contributed by atoms with Gasteiger partial charge in [0.25, 0.3) is 10.1 Å². The molecule has 0 saturated heterocycles. The van der Waals surface area contributed by atoms with Gasteiger partial charge in [-0.1, -0.05) is 0 Å². The Morgan fingerprint density at radius 2 is 2.00 bits per heavy atom. The summed E-state index contributed by atoms with van der Waals surface area (Å²) in [4.78, 5) is 11.0. The van der Waals surface area contributed by atoms with Gasteiger partial charge in [0.15, 0.2) is 0 Å². The Labute approximate surface area is 105 Å². The molecule has 0 radical (unpaired) electrons. The average Bonchev–Trinajstić information content (AvgIpc) is 2.13. The molecule has 0 aliphatic rings. The normalized spacial score (nSPS) is 11.3. The molecule has 0 bridgehead atoms. The lowest BCUT2D eigenvalue weighted by molar-refractivity contribution is 0.250. The quantitative estimate of drug-likeness (QED) is 0.484. The number of nitrogens with two attached hydrogens (primary N) is 1. The van der Waals surface area contributed by atoms with Crippen LogP contribution in [0.5, 0.6) is 0 Å². The summed E-state index contributed by atoms with van der Waals surface area (Å²) in [5.74, 6) is 0. The number of nitrogen functional groups attached to an aromatic ring is 1. The van der Waals surface area contributed by atoms with Crippen molar-refractivity contribution in [1.29, 1.82) is 0 Å². The lowest BCUT2D eigenvalue weighted by atomic mass is 10.3. The van der Waals surface area contributed by atoms with E-state index in [2.05, 4.69) is 10.6 Å². The summed E-state index contributed by atoms with van der Waals surface area (Å²) < 4.78 is 30.7. The molecule has 0 atom stereocenters. The van der Waals surface area contributed by atoms with Crippen molar-refractivity contribution >= 4 is 27.5 Å². The maximum absolute atomic E-state index is 11.4. The molecule has 5 N–H and O–H groups in total. The number of carbonyl (C=O) groups is 1. The van der Waals surface area contributed by atoms with Crippen LogP contribution in [0.15, 0.2) is 23.1 Å². The van der Waals surface area contributed by atoms with Gasteiger partial charge < -0.3 is 16.4 Å². The summed E-state index contributed by atoms with van der Waals surface area (Å²) in [5, 5.41) is 5.08. The number of amides is 2. The van der Waals surface area contributed by atoms with E-state index in [9.17, 15) is 13.2 Å². The Hall–Kier alpha value is -1.80. The smallest absolute Gasteiger partial charge is 0.319 e. The largest absolute Gasteiger partial charge is 0.398 e. The van der Waals surface area contributed by atoms with Crippen LogP contribution in [0.3, 0.4) is 0 Å². The molecule has 100 valence electrons. The van der Waals surface area contributed by atoms with Crippen LogP contribution >= 0.6 is 0 Å². The molecular formula is C10H15N3O4S. The fourth-order valence-corrected chi connectivity index (χ4v) is 1.89. The number of carbonyl (C=O) groups excluding carboxylic acids is 1. The van der Waals surface area contributed by atoms with Crippen molar-refractivity contribution in [3.8, 4) is 0 Å². The van der Waals surface area contributed by atoms with E-state index < -0.39 is 21.0 Å². The minimum absolute atomic E-state index is 0.0283. The maximum atomic E-state index is 11.4. The number of hydrogen-bond acceptors (Lipinski definition) is 4. The summed E-state index contributed by atoms with van der Waals surface area (Å²) in [7, 11) is -4.35. The van der Waals surface area contributed by atoms with E-state index in [4.69, 9.17) is 10.3 Å². The highest BCUT2D eigenvalue weighted by Crippen LogP contribution is 2.22. The molecule has 0 heterocycles. The molecule has 8 heteroatoms. The van der Waals surface area contributed by atoms with Crippen molar-refractivity contribution < 1.29 is 17.8 Å². The Balaban J connectivity index is 2.89. The predicted octanol–water partition coefficient (Wildman–Crippen LogP) is 1.05. The monoisotopic (exact) mass is 273 g/mol. The molecule has 1 aromatic carbocycles. The molecule has 0 aliphatic carbocycles. The highest BCUT2D eigenvalue weighted by atomic mass is 32.2. The van der Waals surface area contributed by atoms with E-state index in [0.29, 0.717) is 5.69 Å². The van der Waals surface area contributed by atoms with Gasteiger partial charge in [0.1, 0.15) is 4.90 Å². The zero-order valence-corrected chi connectivity index (χ0v) is 10.8. The summed E-state index contributed by atoms with van der Waals surface area (Å²) in [6.45, 7) is 3.60. The number of nitrogens with one attached hydrogen (secondary N) is 2. The second kappa shape index (κ2) is 5.23. The highest BCUT2D eigenvalue weighted by molar-refractivity contribution is 7.86. The minimum Gasteiger partial charge on any atom is -0.398 e. The summed E-state index contributed by atoms with van der Waals surface area (Å²) in [5.41, 5.74) is 5.67.